The Morgan fingerprint density at radius 3 is 2.81 bits per heavy atom. The molecule has 0 spiro atoms. The van der Waals surface area contributed by atoms with Gasteiger partial charge in [-0.15, -0.1) is 0 Å². The third-order valence-electron chi connectivity index (χ3n) is 5.15. The molecule has 27 heavy (non-hydrogen) atoms. The molecule has 0 aliphatic carbocycles. The number of hydrogen-bond donors (Lipinski definition) is 2. The van der Waals surface area contributed by atoms with Gasteiger partial charge in [0.15, 0.2) is 5.60 Å². The second kappa shape index (κ2) is 9.11. The van der Waals surface area contributed by atoms with Crippen LogP contribution < -0.4 is 5.32 Å². The zero-order valence-corrected chi connectivity index (χ0v) is 16.0. The van der Waals surface area contributed by atoms with Crippen molar-refractivity contribution in [3.63, 3.8) is 0 Å². The van der Waals surface area contributed by atoms with Crippen LogP contribution in [0, 0.1) is 6.92 Å². The van der Waals surface area contributed by atoms with Crippen LogP contribution in [0.25, 0.3) is 0 Å². The number of piperidine rings is 1. The van der Waals surface area contributed by atoms with Gasteiger partial charge in [-0.1, -0.05) is 30.3 Å². The molecule has 1 amide bonds. The quantitative estimate of drug-likeness (QED) is 0.752. The zero-order chi connectivity index (χ0) is 19.1. The molecule has 2 heterocycles. The van der Waals surface area contributed by atoms with Crippen LogP contribution in [-0.4, -0.2) is 46.1 Å². The Labute approximate surface area is 161 Å². The highest BCUT2D eigenvalue weighted by Gasteiger charge is 2.41. The molecule has 0 bridgehead atoms. The van der Waals surface area contributed by atoms with E-state index in [1.54, 1.807) is 6.20 Å². The topological polar surface area (TPSA) is 65.5 Å². The average molecular weight is 367 g/mol. The molecule has 2 N–H and O–H groups in total. The number of benzene rings is 1. The maximum Gasteiger partial charge on any atom is 0.255 e. The first-order valence-electron chi connectivity index (χ1n) is 9.75. The van der Waals surface area contributed by atoms with Gasteiger partial charge in [-0.2, -0.15) is 0 Å². The fourth-order valence-corrected chi connectivity index (χ4v) is 3.69. The van der Waals surface area contributed by atoms with Crippen molar-refractivity contribution in [1.82, 2.24) is 15.2 Å². The van der Waals surface area contributed by atoms with Gasteiger partial charge in [0, 0.05) is 38.1 Å². The second-order valence-electron chi connectivity index (χ2n) is 7.43. The minimum absolute atomic E-state index is 0.139. The number of nitrogens with one attached hydrogen (secondary N) is 1. The van der Waals surface area contributed by atoms with Crippen molar-refractivity contribution >= 4 is 5.91 Å². The van der Waals surface area contributed by atoms with Crippen molar-refractivity contribution in [3.05, 3.63) is 65.5 Å². The highest BCUT2D eigenvalue weighted by atomic mass is 16.3. The maximum absolute atomic E-state index is 12.8. The van der Waals surface area contributed by atoms with Crippen LogP contribution in [0.5, 0.6) is 0 Å². The summed E-state index contributed by atoms with van der Waals surface area (Å²) in [5.41, 5.74) is 2.06. The van der Waals surface area contributed by atoms with Gasteiger partial charge in [-0.05, 0) is 55.9 Å². The number of nitrogens with zero attached hydrogens (tertiary/aromatic N) is 2. The average Bonchev–Trinajstić information content (AvgIpc) is 2.66. The number of carbonyl (C=O) groups is 1. The molecule has 1 atom stereocenters. The van der Waals surface area contributed by atoms with Gasteiger partial charge in [-0.3, -0.25) is 9.78 Å². The Balaban J connectivity index is 1.48. The number of carbonyl (C=O) groups excluding carboxylic acids is 1. The molecule has 1 aromatic carbocycles. The summed E-state index contributed by atoms with van der Waals surface area (Å²) in [6.45, 7) is 4.28. The molecule has 1 aromatic heterocycles. The summed E-state index contributed by atoms with van der Waals surface area (Å²) in [5, 5.41) is 14.1. The predicted octanol–water partition coefficient (Wildman–Crippen LogP) is 2.47. The van der Waals surface area contributed by atoms with Crippen molar-refractivity contribution in [3.8, 4) is 0 Å². The van der Waals surface area contributed by atoms with Crippen LogP contribution in [0.4, 0.5) is 0 Å². The summed E-state index contributed by atoms with van der Waals surface area (Å²) in [7, 11) is 0. The second-order valence-corrected chi connectivity index (χ2v) is 7.43. The van der Waals surface area contributed by atoms with Crippen LogP contribution in [0.2, 0.25) is 0 Å². The molecule has 0 saturated carbocycles. The molecule has 144 valence electrons. The fourth-order valence-electron chi connectivity index (χ4n) is 3.69. The third-order valence-corrected chi connectivity index (χ3v) is 5.15. The maximum atomic E-state index is 12.8. The lowest BCUT2D eigenvalue weighted by atomic mass is 9.91. The number of aromatic nitrogens is 1. The molecule has 1 aliphatic heterocycles. The highest BCUT2D eigenvalue weighted by Crippen LogP contribution is 2.23. The Bertz CT molecular complexity index is 750. The fraction of sp³-hybridized carbons (Fsp3) is 0.455. The molecule has 1 aliphatic rings. The monoisotopic (exact) mass is 367 g/mol. The van der Waals surface area contributed by atoms with Gasteiger partial charge in [-0.25, -0.2) is 0 Å². The summed E-state index contributed by atoms with van der Waals surface area (Å²) in [4.78, 5) is 18.8. The largest absolute Gasteiger partial charge is 0.379 e. The number of hydrogen-bond acceptors (Lipinski definition) is 4. The Kier molecular flexibility index (Phi) is 6.58. The minimum atomic E-state index is -1.30. The molecule has 3 rings (SSSR count). The zero-order valence-electron chi connectivity index (χ0n) is 16.0. The van der Waals surface area contributed by atoms with E-state index in [2.05, 4.69) is 22.4 Å². The van der Waals surface area contributed by atoms with E-state index >= 15 is 0 Å². The van der Waals surface area contributed by atoms with Gasteiger partial charge >= 0.3 is 0 Å². The molecule has 5 heteroatoms. The molecule has 1 saturated heterocycles. The van der Waals surface area contributed by atoms with Crippen LogP contribution in [0.1, 0.15) is 36.1 Å². The van der Waals surface area contributed by atoms with Gasteiger partial charge < -0.3 is 15.3 Å². The first kappa shape index (κ1) is 19.5. The first-order valence-corrected chi connectivity index (χ1v) is 9.75. The van der Waals surface area contributed by atoms with Crippen LogP contribution in [0.15, 0.2) is 48.7 Å². The Hall–Kier alpha value is -2.24. The summed E-state index contributed by atoms with van der Waals surface area (Å²) < 4.78 is 0. The van der Waals surface area contributed by atoms with E-state index in [0.29, 0.717) is 19.5 Å². The van der Waals surface area contributed by atoms with Crippen LogP contribution in [0.3, 0.4) is 0 Å². The lowest BCUT2D eigenvalue weighted by molar-refractivity contribution is -0.156. The number of aryl methyl sites for hydroxylation is 2. The lowest BCUT2D eigenvalue weighted by Crippen LogP contribution is -2.58. The molecule has 0 radical (unpaired) electrons. The molecular formula is C22H29N3O2. The normalized spacial score (nSPS) is 20.1. The minimum Gasteiger partial charge on any atom is -0.379 e. The van der Waals surface area contributed by atoms with Crippen LogP contribution >= 0.6 is 0 Å². The van der Waals surface area contributed by atoms with Crippen molar-refractivity contribution < 1.29 is 9.90 Å². The van der Waals surface area contributed by atoms with Crippen molar-refractivity contribution in [1.29, 1.82) is 0 Å². The van der Waals surface area contributed by atoms with Gasteiger partial charge in [0.05, 0.1) is 0 Å². The van der Waals surface area contributed by atoms with Gasteiger partial charge in [0.1, 0.15) is 0 Å². The lowest BCUT2D eigenvalue weighted by Gasteiger charge is -2.38. The highest BCUT2D eigenvalue weighted by molar-refractivity contribution is 5.86. The number of rotatable bonds is 8. The van der Waals surface area contributed by atoms with Gasteiger partial charge in [0.2, 0.25) is 0 Å². The van der Waals surface area contributed by atoms with E-state index in [4.69, 9.17) is 0 Å². The van der Waals surface area contributed by atoms with Gasteiger partial charge in [0.25, 0.3) is 5.91 Å². The summed E-state index contributed by atoms with van der Waals surface area (Å²) in [5.74, 6) is -0.139. The molecular weight excluding hydrogens is 338 g/mol. The van der Waals surface area contributed by atoms with Crippen molar-refractivity contribution in [2.45, 2.75) is 44.8 Å². The van der Waals surface area contributed by atoms with E-state index in [1.807, 2.05) is 42.2 Å². The van der Waals surface area contributed by atoms with Crippen LogP contribution in [-0.2, 0) is 17.8 Å². The van der Waals surface area contributed by atoms with E-state index < -0.39 is 5.60 Å². The summed E-state index contributed by atoms with van der Waals surface area (Å²) >= 11 is 0. The summed E-state index contributed by atoms with van der Waals surface area (Å²) in [6, 6.07) is 14.3. The molecule has 5 nitrogen and oxygen atoms in total. The van der Waals surface area contributed by atoms with Crippen molar-refractivity contribution in [2.24, 2.45) is 0 Å². The smallest absolute Gasteiger partial charge is 0.255 e. The van der Waals surface area contributed by atoms with Crippen molar-refractivity contribution in [2.75, 3.05) is 19.6 Å². The standard InChI is InChI=1S/C22H29N3O2/c1-18-15-20(10-12-24-18)16-23-17-22(27)11-6-14-25(21(22)26)13-5-9-19-7-3-2-4-8-19/h2-4,7-8,10,12,15,23,27H,5-6,9,11,13-14,16-17H2,1H3/t22-/m0/s1. The van der Waals surface area contributed by atoms with E-state index in [-0.39, 0.29) is 12.5 Å². The molecule has 2 aromatic rings. The number of likely N-dealkylation sites (tertiary alicyclic amines) is 1. The number of pyridine rings is 1. The number of amides is 1. The van der Waals surface area contributed by atoms with E-state index in [1.165, 1.54) is 5.56 Å². The summed E-state index contributed by atoms with van der Waals surface area (Å²) in [6.07, 6.45) is 4.99. The Morgan fingerprint density at radius 2 is 2.04 bits per heavy atom. The number of aliphatic hydroxyl groups is 1. The van der Waals surface area contributed by atoms with E-state index in [0.717, 1.165) is 37.1 Å². The SMILES string of the molecule is Cc1cc(CNC[C@@]2(O)CCCN(CCCc3ccccc3)C2=O)ccn1. The predicted molar refractivity (Wildman–Crippen MR) is 106 cm³/mol. The third kappa shape index (κ3) is 5.37. The first-order chi connectivity index (χ1) is 13.1. The molecule has 1 fully saturated rings. The Morgan fingerprint density at radius 1 is 1.22 bits per heavy atom. The molecule has 0 unspecified atom stereocenters. The van der Waals surface area contributed by atoms with E-state index in [9.17, 15) is 9.90 Å².